The molecule has 2 N–H and O–H groups in total. The number of nitrogens with zero attached hydrogens (tertiary/aromatic N) is 2. The molecule has 3 nitrogen and oxygen atoms in total. The molecule has 0 saturated carbocycles. The SMILES string of the molecule is N#Cc1ccc2sc(N)nc2c1F. The van der Waals surface area contributed by atoms with E-state index in [9.17, 15) is 4.39 Å². The van der Waals surface area contributed by atoms with Gasteiger partial charge in [-0.3, -0.25) is 0 Å². The second-order valence-electron chi connectivity index (χ2n) is 2.44. The summed E-state index contributed by atoms with van der Waals surface area (Å²) in [7, 11) is 0. The molecule has 2 aromatic rings. The lowest BCUT2D eigenvalue weighted by atomic mass is 10.2. The van der Waals surface area contributed by atoms with Crippen molar-refractivity contribution in [3.63, 3.8) is 0 Å². The van der Waals surface area contributed by atoms with Crippen LogP contribution in [0.25, 0.3) is 10.2 Å². The molecule has 0 aliphatic rings. The summed E-state index contributed by atoms with van der Waals surface area (Å²) in [5.41, 5.74) is 5.59. The van der Waals surface area contributed by atoms with Crippen molar-refractivity contribution >= 4 is 26.7 Å². The molecule has 0 spiro atoms. The fourth-order valence-corrected chi connectivity index (χ4v) is 1.80. The van der Waals surface area contributed by atoms with Crippen LogP contribution >= 0.6 is 11.3 Å². The predicted octanol–water partition coefficient (Wildman–Crippen LogP) is 1.89. The van der Waals surface area contributed by atoms with Crippen LogP contribution in [0.15, 0.2) is 12.1 Å². The number of nitriles is 1. The van der Waals surface area contributed by atoms with Gasteiger partial charge in [-0.1, -0.05) is 11.3 Å². The van der Waals surface area contributed by atoms with Gasteiger partial charge in [0.15, 0.2) is 10.9 Å². The van der Waals surface area contributed by atoms with Crippen LogP contribution in [0.2, 0.25) is 0 Å². The lowest BCUT2D eigenvalue weighted by molar-refractivity contribution is 0.633. The Labute approximate surface area is 77.2 Å². The highest BCUT2D eigenvalue weighted by Crippen LogP contribution is 2.27. The minimum atomic E-state index is -0.590. The largest absolute Gasteiger partial charge is 0.375 e. The molecule has 1 aromatic heterocycles. The zero-order chi connectivity index (χ0) is 9.42. The van der Waals surface area contributed by atoms with E-state index in [2.05, 4.69) is 4.98 Å². The minimum Gasteiger partial charge on any atom is -0.375 e. The van der Waals surface area contributed by atoms with Crippen molar-refractivity contribution in [3.05, 3.63) is 23.5 Å². The predicted molar refractivity (Wildman–Crippen MR) is 48.7 cm³/mol. The Morgan fingerprint density at radius 3 is 3.00 bits per heavy atom. The Balaban J connectivity index is 2.87. The van der Waals surface area contributed by atoms with E-state index in [4.69, 9.17) is 11.0 Å². The molecule has 0 radical (unpaired) electrons. The van der Waals surface area contributed by atoms with Gasteiger partial charge in [0.2, 0.25) is 0 Å². The van der Waals surface area contributed by atoms with Crippen molar-refractivity contribution in [1.82, 2.24) is 4.98 Å². The molecular weight excluding hydrogens is 189 g/mol. The molecule has 2 rings (SSSR count). The number of nitrogen functional groups attached to an aromatic ring is 1. The van der Waals surface area contributed by atoms with E-state index in [1.807, 2.05) is 0 Å². The van der Waals surface area contributed by atoms with E-state index < -0.39 is 5.82 Å². The van der Waals surface area contributed by atoms with E-state index in [0.717, 1.165) is 0 Å². The van der Waals surface area contributed by atoms with Crippen molar-refractivity contribution in [2.24, 2.45) is 0 Å². The second kappa shape index (κ2) is 2.68. The molecule has 0 fully saturated rings. The van der Waals surface area contributed by atoms with E-state index in [1.165, 1.54) is 17.4 Å². The number of fused-ring (bicyclic) bond motifs is 1. The maximum Gasteiger partial charge on any atom is 0.181 e. The Morgan fingerprint density at radius 1 is 1.54 bits per heavy atom. The zero-order valence-electron chi connectivity index (χ0n) is 6.41. The van der Waals surface area contributed by atoms with Gasteiger partial charge in [0.1, 0.15) is 11.6 Å². The van der Waals surface area contributed by atoms with Gasteiger partial charge >= 0.3 is 0 Å². The number of hydrogen-bond acceptors (Lipinski definition) is 4. The van der Waals surface area contributed by atoms with Crippen LogP contribution in [0, 0.1) is 17.1 Å². The molecule has 64 valence electrons. The molecule has 1 heterocycles. The van der Waals surface area contributed by atoms with Crippen LogP contribution in [0.4, 0.5) is 9.52 Å². The first kappa shape index (κ1) is 7.95. The number of aromatic nitrogens is 1. The molecule has 0 bridgehead atoms. The summed E-state index contributed by atoms with van der Waals surface area (Å²) in [6, 6.07) is 4.82. The summed E-state index contributed by atoms with van der Waals surface area (Å²) < 4.78 is 14.0. The van der Waals surface area contributed by atoms with Gasteiger partial charge in [0.05, 0.1) is 10.3 Å². The summed E-state index contributed by atoms with van der Waals surface area (Å²) in [5.74, 6) is -0.590. The van der Waals surface area contributed by atoms with Crippen LogP contribution in [0.1, 0.15) is 5.56 Å². The summed E-state index contributed by atoms with van der Waals surface area (Å²) >= 11 is 1.20. The van der Waals surface area contributed by atoms with Gasteiger partial charge in [0, 0.05) is 0 Å². The highest BCUT2D eigenvalue weighted by molar-refractivity contribution is 7.22. The highest BCUT2D eigenvalue weighted by Gasteiger charge is 2.10. The number of nitrogens with two attached hydrogens (primary N) is 1. The second-order valence-corrected chi connectivity index (χ2v) is 3.50. The summed E-state index contributed by atoms with van der Waals surface area (Å²) in [6.45, 7) is 0. The first-order valence-corrected chi connectivity index (χ1v) is 4.28. The Bertz CT molecular complexity index is 512. The number of hydrogen-bond donors (Lipinski definition) is 1. The lowest BCUT2D eigenvalue weighted by Crippen LogP contribution is -1.85. The van der Waals surface area contributed by atoms with E-state index in [-0.39, 0.29) is 11.1 Å². The summed E-state index contributed by atoms with van der Waals surface area (Å²) in [4.78, 5) is 3.79. The van der Waals surface area contributed by atoms with Gasteiger partial charge in [-0.25, -0.2) is 9.37 Å². The number of thiazole rings is 1. The molecule has 0 atom stereocenters. The minimum absolute atomic E-state index is 0.00204. The fraction of sp³-hybridized carbons (Fsp3) is 0. The van der Waals surface area contributed by atoms with Crippen LogP contribution in [-0.2, 0) is 0 Å². The van der Waals surface area contributed by atoms with Gasteiger partial charge in [-0.15, -0.1) is 0 Å². The van der Waals surface area contributed by atoms with E-state index >= 15 is 0 Å². The third-order valence-corrected chi connectivity index (χ3v) is 2.49. The first-order valence-electron chi connectivity index (χ1n) is 3.47. The van der Waals surface area contributed by atoms with E-state index in [1.54, 1.807) is 12.1 Å². The standard InChI is InChI=1S/C8H4FN3S/c9-6-4(3-10)1-2-5-7(6)12-8(11)13-5/h1-2H,(H2,11,12). The van der Waals surface area contributed by atoms with Crippen LogP contribution in [-0.4, -0.2) is 4.98 Å². The molecule has 0 aliphatic carbocycles. The summed E-state index contributed by atoms with van der Waals surface area (Å²) in [5, 5.41) is 8.85. The number of anilines is 1. The van der Waals surface area contributed by atoms with Gasteiger partial charge in [-0.05, 0) is 12.1 Å². The fourth-order valence-electron chi connectivity index (χ4n) is 1.07. The number of halogens is 1. The monoisotopic (exact) mass is 193 g/mol. The quantitative estimate of drug-likeness (QED) is 0.694. The smallest absolute Gasteiger partial charge is 0.181 e. The maximum absolute atomic E-state index is 13.3. The van der Waals surface area contributed by atoms with Crippen molar-refractivity contribution in [2.45, 2.75) is 0 Å². The third-order valence-electron chi connectivity index (χ3n) is 1.64. The van der Waals surface area contributed by atoms with Gasteiger partial charge in [0.25, 0.3) is 0 Å². The molecule has 0 aliphatic heterocycles. The molecule has 0 saturated heterocycles. The van der Waals surface area contributed by atoms with Gasteiger partial charge in [-0.2, -0.15) is 5.26 Å². The molecular formula is C8H4FN3S. The van der Waals surface area contributed by atoms with Crippen molar-refractivity contribution < 1.29 is 4.39 Å². The molecule has 13 heavy (non-hydrogen) atoms. The Morgan fingerprint density at radius 2 is 2.31 bits per heavy atom. The first-order chi connectivity index (χ1) is 6.22. The van der Waals surface area contributed by atoms with E-state index in [0.29, 0.717) is 9.83 Å². The molecule has 0 amide bonds. The molecule has 5 heteroatoms. The normalized spacial score (nSPS) is 10.2. The van der Waals surface area contributed by atoms with Crippen molar-refractivity contribution in [2.75, 3.05) is 5.73 Å². The van der Waals surface area contributed by atoms with Crippen LogP contribution in [0.3, 0.4) is 0 Å². The van der Waals surface area contributed by atoms with Gasteiger partial charge < -0.3 is 5.73 Å². The third kappa shape index (κ3) is 1.12. The average Bonchev–Trinajstić information content (AvgIpc) is 2.47. The summed E-state index contributed by atoms with van der Waals surface area (Å²) in [6.07, 6.45) is 0. The van der Waals surface area contributed by atoms with Crippen LogP contribution < -0.4 is 5.73 Å². The van der Waals surface area contributed by atoms with Crippen molar-refractivity contribution in [3.8, 4) is 6.07 Å². The zero-order valence-corrected chi connectivity index (χ0v) is 7.23. The van der Waals surface area contributed by atoms with Crippen LogP contribution in [0.5, 0.6) is 0 Å². The lowest BCUT2D eigenvalue weighted by Gasteiger charge is -1.91. The number of rotatable bonds is 0. The highest BCUT2D eigenvalue weighted by atomic mass is 32.1. The molecule has 1 aromatic carbocycles. The maximum atomic E-state index is 13.3. The Hall–Kier alpha value is -1.67. The Kier molecular flexibility index (Phi) is 1.64. The molecule has 0 unspecified atom stereocenters. The van der Waals surface area contributed by atoms with Crippen molar-refractivity contribution in [1.29, 1.82) is 5.26 Å². The average molecular weight is 193 g/mol. The topological polar surface area (TPSA) is 62.7 Å². The number of benzene rings is 1.